The molecule has 0 unspecified atom stereocenters. The third-order valence-corrected chi connectivity index (χ3v) is 6.07. The second kappa shape index (κ2) is 8.26. The standard InChI is InChI=1S/C22H30N4O/c1-23-22(27)21-19-15-18(24-17-9-5-6-10-17)11-12-20(19)26(25-21)14-13-16-7-3-2-4-8-16/h2-4,7-8,17-18,24H,5-6,9-15H2,1H3,(H,23,27)/t18-/m1/s1. The van der Waals surface area contributed by atoms with Gasteiger partial charge in [0.2, 0.25) is 0 Å². The van der Waals surface area contributed by atoms with Crippen molar-refractivity contribution in [1.82, 2.24) is 20.4 Å². The molecule has 1 fully saturated rings. The topological polar surface area (TPSA) is 59.0 Å². The number of hydrogen-bond acceptors (Lipinski definition) is 3. The fourth-order valence-electron chi connectivity index (χ4n) is 4.62. The molecule has 5 nitrogen and oxygen atoms in total. The first kappa shape index (κ1) is 18.2. The summed E-state index contributed by atoms with van der Waals surface area (Å²) in [5, 5.41) is 11.3. The summed E-state index contributed by atoms with van der Waals surface area (Å²) in [5.41, 5.74) is 4.34. The first-order valence-corrected chi connectivity index (χ1v) is 10.3. The number of fused-ring (bicyclic) bond motifs is 1. The molecule has 1 aromatic carbocycles. The van der Waals surface area contributed by atoms with E-state index in [0.29, 0.717) is 17.8 Å². The maximum Gasteiger partial charge on any atom is 0.271 e. The van der Waals surface area contributed by atoms with Crippen LogP contribution in [0.5, 0.6) is 0 Å². The average Bonchev–Trinajstić information content (AvgIpc) is 3.34. The smallest absolute Gasteiger partial charge is 0.271 e. The van der Waals surface area contributed by atoms with Gasteiger partial charge in [-0.25, -0.2) is 0 Å². The zero-order chi connectivity index (χ0) is 18.6. The van der Waals surface area contributed by atoms with E-state index in [1.54, 1.807) is 7.05 Å². The number of carbonyl (C=O) groups excluding carboxylic acids is 1. The van der Waals surface area contributed by atoms with Crippen molar-refractivity contribution < 1.29 is 4.79 Å². The quantitative estimate of drug-likeness (QED) is 0.826. The Balaban J connectivity index is 1.52. The normalized spacial score (nSPS) is 19.8. The Morgan fingerprint density at radius 2 is 1.93 bits per heavy atom. The molecule has 0 radical (unpaired) electrons. The van der Waals surface area contributed by atoms with Gasteiger partial charge in [0.1, 0.15) is 0 Å². The number of nitrogens with zero attached hydrogens (tertiary/aromatic N) is 2. The van der Waals surface area contributed by atoms with Crippen LogP contribution >= 0.6 is 0 Å². The molecule has 2 aliphatic rings. The maximum atomic E-state index is 12.4. The van der Waals surface area contributed by atoms with E-state index in [1.807, 2.05) is 6.07 Å². The number of aryl methyl sites for hydroxylation is 2. The van der Waals surface area contributed by atoms with Crippen molar-refractivity contribution in [1.29, 1.82) is 0 Å². The van der Waals surface area contributed by atoms with Crippen LogP contribution in [0.25, 0.3) is 0 Å². The zero-order valence-corrected chi connectivity index (χ0v) is 16.2. The van der Waals surface area contributed by atoms with Gasteiger partial charge in [-0.1, -0.05) is 43.2 Å². The summed E-state index contributed by atoms with van der Waals surface area (Å²) >= 11 is 0. The molecular formula is C22H30N4O. The number of nitrogens with one attached hydrogen (secondary N) is 2. The van der Waals surface area contributed by atoms with Gasteiger partial charge in [-0.3, -0.25) is 9.48 Å². The fraction of sp³-hybridized carbons (Fsp3) is 0.545. The molecule has 1 atom stereocenters. The highest BCUT2D eigenvalue weighted by Crippen LogP contribution is 2.27. The van der Waals surface area contributed by atoms with Crippen molar-refractivity contribution in [2.24, 2.45) is 0 Å². The molecule has 1 aromatic heterocycles. The van der Waals surface area contributed by atoms with Crippen LogP contribution in [0.4, 0.5) is 0 Å². The van der Waals surface area contributed by atoms with Gasteiger partial charge in [0, 0.05) is 36.9 Å². The number of amides is 1. The van der Waals surface area contributed by atoms with Gasteiger partial charge in [0.05, 0.1) is 0 Å². The van der Waals surface area contributed by atoms with E-state index in [1.165, 1.54) is 36.9 Å². The van der Waals surface area contributed by atoms with Crippen LogP contribution in [0.1, 0.15) is 59.4 Å². The summed E-state index contributed by atoms with van der Waals surface area (Å²) in [5.74, 6) is -0.0637. The second-order valence-electron chi connectivity index (χ2n) is 7.90. The Morgan fingerprint density at radius 1 is 1.15 bits per heavy atom. The fourth-order valence-corrected chi connectivity index (χ4v) is 4.62. The molecular weight excluding hydrogens is 336 g/mol. The van der Waals surface area contributed by atoms with E-state index in [9.17, 15) is 4.79 Å². The number of aromatic nitrogens is 2. The lowest BCUT2D eigenvalue weighted by atomic mass is 9.90. The molecule has 1 amide bonds. The Kier molecular flexibility index (Phi) is 5.58. The lowest BCUT2D eigenvalue weighted by Crippen LogP contribution is -2.40. The summed E-state index contributed by atoms with van der Waals surface area (Å²) in [4.78, 5) is 12.4. The van der Waals surface area contributed by atoms with Crippen molar-refractivity contribution >= 4 is 5.91 Å². The third kappa shape index (κ3) is 4.08. The number of carbonyl (C=O) groups is 1. The van der Waals surface area contributed by atoms with Crippen LogP contribution in [-0.2, 0) is 25.8 Å². The van der Waals surface area contributed by atoms with Crippen LogP contribution in [-0.4, -0.2) is 34.8 Å². The first-order valence-electron chi connectivity index (χ1n) is 10.3. The predicted molar refractivity (Wildman–Crippen MR) is 107 cm³/mol. The SMILES string of the molecule is CNC(=O)c1nn(CCc2ccccc2)c2c1C[C@H](NC1CCCC1)CC2. The van der Waals surface area contributed by atoms with E-state index in [0.717, 1.165) is 37.8 Å². The predicted octanol–water partition coefficient (Wildman–Crippen LogP) is 2.87. The van der Waals surface area contributed by atoms with Gasteiger partial charge in [-0.2, -0.15) is 5.10 Å². The van der Waals surface area contributed by atoms with E-state index < -0.39 is 0 Å². The maximum absolute atomic E-state index is 12.4. The highest BCUT2D eigenvalue weighted by molar-refractivity contribution is 5.93. The van der Waals surface area contributed by atoms with Crippen molar-refractivity contribution in [2.45, 2.75) is 70.0 Å². The molecule has 2 aromatic rings. The van der Waals surface area contributed by atoms with Crippen LogP contribution < -0.4 is 10.6 Å². The van der Waals surface area contributed by atoms with Crippen LogP contribution in [0.15, 0.2) is 30.3 Å². The summed E-state index contributed by atoms with van der Waals surface area (Å²) in [6.45, 7) is 0.823. The highest BCUT2D eigenvalue weighted by Gasteiger charge is 2.30. The number of benzene rings is 1. The molecule has 27 heavy (non-hydrogen) atoms. The minimum Gasteiger partial charge on any atom is -0.354 e. The first-order chi connectivity index (χ1) is 13.2. The molecule has 2 aliphatic carbocycles. The van der Waals surface area contributed by atoms with Crippen molar-refractivity contribution in [3.8, 4) is 0 Å². The zero-order valence-electron chi connectivity index (χ0n) is 16.2. The van der Waals surface area contributed by atoms with E-state index >= 15 is 0 Å². The summed E-state index contributed by atoms with van der Waals surface area (Å²) in [6.07, 6.45) is 9.26. The van der Waals surface area contributed by atoms with Crippen molar-refractivity contribution in [2.75, 3.05) is 7.05 Å². The molecule has 5 heteroatoms. The monoisotopic (exact) mass is 366 g/mol. The molecule has 2 N–H and O–H groups in total. The lowest BCUT2D eigenvalue weighted by molar-refractivity contribution is 0.0956. The summed E-state index contributed by atoms with van der Waals surface area (Å²) < 4.78 is 2.08. The Hall–Kier alpha value is -2.14. The third-order valence-electron chi connectivity index (χ3n) is 6.07. The van der Waals surface area contributed by atoms with Gasteiger partial charge in [0.25, 0.3) is 5.91 Å². The molecule has 1 heterocycles. The van der Waals surface area contributed by atoms with Gasteiger partial charge in [-0.05, 0) is 44.1 Å². The van der Waals surface area contributed by atoms with Crippen LogP contribution in [0, 0.1) is 0 Å². The van der Waals surface area contributed by atoms with E-state index in [-0.39, 0.29) is 5.91 Å². The second-order valence-corrected chi connectivity index (χ2v) is 7.90. The minimum absolute atomic E-state index is 0.0637. The largest absolute Gasteiger partial charge is 0.354 e. The average molecular weight is 367 g/mol. The van der Waals surface area contributed by atoms with Gasteiger partial charge >= 0.3 is 0 Å². The lowest BCUT2D eigenvalue weighted by Gasteiger charge is -2.27. The van der Waals surface area contributed by atoms with E-state index in [2.05, 4.69) is 39.6 Å². The summed E-state index contributed by atoms with van der Waals surface area (Å²) in [6, 6.07) is 11.6. The van der Waals surface area contributed by atoms with Gasteiger partial charge in [-0.15, -0.1) is 0 Å². The van der Waals surface area contributed by atoms with Crippen molar-refractivity contribution in [3.63, 3.8) is 0 Å². The van der Waals surface area contributed by atoms with Gasteiger partial charge in [0.15, 0.2) is 5.69 Å². The van der Waals surface area contributed by atoms with Crippen molar-refractivity contribution in [3.05, 3.63) is 52.8 Å². The molecule has 1 saturated carbocycles. The molecule has 144 valence electrons. The molecule has 0 aliphatic heterocycles. The number of hydrogen-bond donors (Lipinski definition) is 2. The van der Waals surface area contributed by atoms with Crippen LogP contribution in [0.3, 0.4) is 0 Å². The molecule has 0 spiro atoms. The van der Waals surface area contributed by atoms with Crippen LogP contribution in [0.2, 0.25) is 0 Å². The number of rotatable bonds is 6. The molecule has 0 bridgehead atoms. The van der Waals surface area contributed by atoms with Gasteiger partial charge < -0.3 is 10.6 Å². The summed E-state index contributed by atoms with van der Waals surface area (Å²) in [7, 11) is 1.69. The van der Waals surface area contributed by atoms with E-state index in [4.69, 9.17) is 5.10 Å². The Labute approximate surface area is 161 Å². The molecule has 4 rings (SSSR count). The Bertz CT molecular complexity index is 777. The highest BCUT2D eigenvalue weighted by atomic mass is 16.1. The molecule has 0 saturated heterocycles. The minimum atomic E-state index is -0.0637. The Morgan fingerprint density at radius 3 is 2.67 bits per heavy atom.